The number of halogens is 14. The van der Waals surface area contributed by atoms with Crippen LogP contribution in [0.2, 0.25) is 0 Å². The van der Waals surface area contributed by atoms with Gasteiger partial charge in [0.05, 0.1) is 89.4 Å². The fourth-order valence-corrected chi connectivity index (χ4v) is 12.8. The van der Waals surface area contributed by atoms with Crippen LogP contribution in [0.25, 0.3) is 4.13 Å². The van der Waals surface area contributed by atoms with E-state index in [-0.39, 0.29) is 80.9 Å². The molecule has 22 nitrogen and oxygen atoms in total. The molecule has 7 aromatic heterocycles. The first-order chi connectivity index (χ1) is 48.9. The van der Waals surface area contributed by atoms with E-state index in [1.165, 1.54) is 94.8 Å². The molecule has 0 fully saturated rings. The van der Waals surface area contributed by atoms with Crippen LogP contribution in [0.3, 0.4) is 0 Å². The minimum absolute atomic E-state index is 0. The van der Waals surface area contributed by atoms with Gasteiger partial charge in [0.15, 0.2) is 20.0 Å². The summed E-state index contributed by atoms with van der Waals surface area (Å²) in [7, 11) is -13.4. The number of hydrogen-bond donors (Lipinski definition) is 2. The van der Waals surface area contributed by atoms with Crippen molar-refractivity contribution in [2.24, 2.45) is 0 Å². The molecular weight excluding hydrogens is 1610 g/mol. The summed E-state index contributed by atoms with van der Waals surface area (Å²) in [5.74, 6) is 2.05. The third kappa shape index (κ3) is 48.0. The van der Waals surface area contributed by atoms with Crippen molar-refractivity contribution in [2.75, 3.05) is 76.5 Å². The number of rotatable bonds is 47. The molecule has 0 aliphatic heterocycles. The summed E-state index contributed by atoms with van der Waals surface area (Å²) in [6, 6.07) is 0. The monoisotopic (exact) mass is 1730 g/mol. The average Bonchev–Trinajstić information content (AvgIpc) is 0.959. The first kappa shape index (κ1) is 111. The second kappa shape index (κ2) is 64.0. The maximum atomic E-state index is 11.4. The molecule has 7 aromatic rings. The smallest absolute Gasteiger partial charge is 1.00 e. The van der Waals surface area contributed by atoms with Gasteiger partial charge in [0.2, 0.25) is 38.0 Å². The number of aromatic nitrogens is 14. The predicted octanol–water partition coefficient (Wildman–Crippen LogP) is -10.2. The SMILES string of the molecule is CCCC[n+]1ccn(CC[NH+](CCn2cc[n+](CCCC)c2)CCn2cc[n+](CCCC)c2)c1.CCCCn1[c-][n+](CCN(CCn2cc[n+](CCCC)c2)CCn2cc[n+](CCCC)c2)cc1.CCCCn1ccnc1.ClCC[NH+](CCCl)CCCl.O=S(=O)([N-]S(=O)(=O)C(F)(F)F)C(F)(F)F.[Cl-].[Cl-].[Cl-].[Cl-].[Cl-].[Li+]. The number of nitrogens with zero attached hydrogens (tertiary/aromatic N) is 16. The molecule has 0 amide bonds. The third-order valence-electron chi connectivity index (χ3n) is 16.6. The van der Waals surface area contributed by atoms with Gasteiger partial charge in [-0.15, -0.1) is 34.8 Å². The molecule has 0 aliphatic rings. The van der Waals surface area contributed by atoms with Crippen LogP contribution in [0.5, 0.6) is 0 Å². The van der Waals surface area contributed by atoms with Gasteiger partial charge in [-0.05, 0) is 57.3 Å². The molecule has 0 saturated carbocycles. The second-order valence-corrected chi connectivity index (χ2v) is 29.9. The summed E-state index contributed by atoms with van der Waals surface area (Å²) in [5, 5.41) is 0. The number of hydrogen-bond acceptors (Lipinski definition) is 6. The van der Waals surface area contributed by atoms with Gasteiger partial charge in [0.25, 0.3) is 0 Å². The van der Waals surface area contributed by atoms with E-state index < -0.39 is 31.1 Å². The van der Waals surface area contributed by atoms with E-state index in [4.69, 9.17) is 34.8 Å². The molecule has 0 aliphatic carbocycles. The Labute approximate surface area is 698 Å². The van der Waals surface area contributed by atoms with Crippen LogP contribution in [0.15, 0.2) is 125 Å². The predicted molar refractivity (Wildman–Crippen MR) is 386 cm³/mol. The van der Waals surface area contributed by atoms with Gasteiger partial charge in [-0.25, -0.2) is 67.5 Å². The number of imidazole rings is 7. The normalized spacial score (nSPS) is 11.3. The van der Waals surface area contributed by atoms with E-state index in [0.29, 0.717) is 17.6 Å². The number of quaternary nitrogens is 2. The van der Waals surface area contributed by atoms with Crippen LogP contribution in [0.4, 0.5) is 26.3 Å². The van der Waals surface area contributed by atoms with Gasteiger partial charge in [0, 0.05) is 38.6 Å². The first-order valence-corrected chi connectivity index (χ1v) is 41.0. The molecule has 39 heteroatoms. The quantitative estimate of drug-likeness (QED) is 0.0127. The molecule has 2 N–H and O–H groups in total. The van der Waals surface area contributed by atoms with Crippen LogP contribution < -0.4 is 118 Å². The molecule has 0 unspecified atom stereocenters. The van der Waals surface area contributed by atoms with Crippen molar-refractivity contribution in [3.63, 3.8) is 0 Å². The average molecular weight is 1740 g/mol. The van der Waals surface area contributed by atoms with E-state index >= 15 is 0 Å². The largest absolute Gasteiger partial charge is 1.00 e. The topological polar surface area (TPSA) is 165 Å². The second-order valence-electron chi connectivity index (χ2n) is 25.3. The molecule has 108 heavy (non-hydrogen) atoms. The maximum Gasteiger partial charge on any atom is 1.00 e. The van der Waals surface area contributed by atoms with E-state index in [1.807, 2.05) is 18.7 Å². The van der Waals surface area contributed by atoms with Gasteiger partial charge in [-0.3, -0.25) is 4.90 Å². The summed E-state index contributed by atoms with van der Waals surface area (Å²) in [5.41, 5.74) is -12.4. The van der Waals surface area contributed by atoms with Crippen molar-refractivity contribution in [2.45, 2.75) is 234 Å². The molecular formula is C69H121Cl8F6LiN18O4S2+2. The minimum atomic E-state index is -6.72. The van der Waals surface area contributed by atoms with E-state index in [0.717, 1.165) is 148 Å². The minimum Gasteiger partial charge on any atom is -1.00 e. The Morgan fingerprint density at radius 3 is 1.02 bits per heavy atom. The fourth-order valence-electron chi connectivity index (χ4n) is 10.3. The summed E-state index contributed by atoms with van der Waals surface area (Å²) in [6.45, 7) is 39.1. The number of alkyl halides is 9. The molecule has 0 saturated heterocycles. The Kier molecular flexibility index (Phi) is 65.8. The Balaban J connectivity index is -0.000000679. The van der Waals surface area contributed by atoms with Crippen molar-refractivity contribution >= 4 is 54.8 Å². The fraction of sp³-hybridized carbons (Fsp3) is 0.696. The molecule has 620 valence electrons. The zero-order valence-electron chi connectivity index (χ0n) is 64.5. The van der Waals surface area contributed by atoms with Gasteiger partial charge in [-0.1, -0.05) is 93.4 Å². The summed E-state index contributed by atoms with van der Waals surface area (Å²) in [6.07, 6.45) is 64.4. The van der Waals surface area contributed by atoms with Crippen molar-refractivity contribution in [1.29, 1.82) is 0 Å². The Morgan fingerprint density at radius 2 is 0.722 bits per heavy atom. The van der Waals surface area contributed by atoms with E-state index in [9.17, 15) is 43.2 Å². The van der Waals surface area contributed by atoms with Gasteiger partial charge in [0.1, 0.15) is 114 Å². The van der Waals surface area contributed by atoms with E-state index in [1.54, 1.807) is 4.90 Å². The van der Waals surface area contributed by atoms with Crippen LogP contribution in [-0.2, 0) is 105 Å². The van der Waals surface area contributed by atoms with Crippen LogP contribution in [-0.4, -0.2) is 146 Å². The maximum absolute atomic E-state index is 11.4. The molecule has 0 radical (unpaired) electrons. The molecule has 0 spiro atoms. The third-order valence-corrected chi connectivity index (χ3v) is 20.0. The van der Waals surface area contributed by atoms with Gasteiger partial charge in [-0.2, -0.15) is 26.3 Å². The van der Waals surface area contributed by atoms with Crippen molar-refractivity contribution < 1.29 is 161 Å². The molecule has 7 rings (SSSR count). The van der Waals surface area contributed by atoms with E-state index in [2.05, 4.69) is 230 Å². The van der Waals surface area contributed by atoms with Crippen molar-refractivity contribution in [3.8, 4) is 0 Å². The molecule has 7 heterocycles. The molecule has 0 bridgehead atoms. The zero-order chi connectivity index (χ0) is 75.1. The first-order valence-electron chi connectivity index (χ1n) is 36.5. The van der Waals surface area contributed by atoms with Crippen molar-refractivity contribution in [3.05, 3.63) is 135 Å². The summed E-state index contributed by atoms with van der Waals surface area (Å²) < 4.78 is 139. The van der Waals surface area contributed by atoms with Crippen LogP contribution in [0.1, 0.15) is 138 Å². The van der Waals surface area contributed by atoms with Crippen LogP contribution in [0, 0.1) is 6.33 Å². The Bertz CT molecular complexity index is 3020. The summed E-state index contributed by atoms with van der Waals surface area (Å²) >= 11 is 16.7. The summed E-state index contributed by atoms with van der Waals surface area (Å²) in [4.78, 5) is 9.58. The number of aryl methyl sites for hydroxylation is 7. The zero-order valence-corrected chi connectivity index (χ0v) is 72.2. The Hall–Kier alpha value is -3.29. The number of sulfonamides is 2. The van der Waals surface area contributed by atoms with Gasteiger partial charge < -0.3 is 89.7 Å². The Morgan fingerprint density at radius 1 is 0.407 bits per heavy atom. The van der Waals surface area contributed by atoms with Crippen LogP contribution >= 0.6 is 34.8 Å². The standard InChI is InChI=1S/C27H48N7.C27H47N7.C7H12N2.C6H12Cl3N.C2F6NO4S2.5ClH.Li/c2*1-4-7-10-29-19-22-32(25-29)16-13-28(14-17-33-23-20-30(26-33)11-8-5-2)15-18-34-24-21-31(27-34)12-9-6-3;1-2-3-5-9-6-4-8-7-9;7-1-4-10(5-2-8)6-3-9;3-1(4,5)14(10,11)9-15(12,13)2(6,7)8;;;;;;/h19-27H,4-18H2,1-3H3;19-26H,4-18H2,1-3H3;4,6-7H,2-3,5H2,1H3;1-6H2;;5*1H;/q+3;+2;;;-1;;;;;;+1/p-3. The molecule has 0 atom stereocenters. The number of unbranched alkanes of at least 4 members (excludes halogenated alkanes) is 7. The molecule has 0 aromatic carbocycles. The van der Waals surface area contributed by atoms with Gasteiger partial charge >= 0.3 is 29.9 Å². The van der Waals surface area contributed by atoms with Crippen molar-refractivity contribution in [1.82, 2.24) is 41.9 Å². The number of nitrogens with one attached hydrogen (secondary N) is 2.